The molecule has 0 N–H and O–H groups in total. The molecule has 0 saturated carbocycles. The molecule has 0 spiro atoms. The van der Waals surface area contributed by atoms with Crippen LogP contribution in [0.1, 0.15) is 26.7 Å². The predicted octanol–water partition coefficient (Wildman–Crippen LogP) is 1.70. The summed E-state index contributed by atoms with van der Waals surface area (Å²) in [5.74, 6) is 0. The summed E-state index contributed by atoms with van der Waals surface area (Å²) >= 11 is 0. The second-order valence-corrected chi connectivity index (χ2v) is 1.82. The SMILES string of the molecule is CCC/C(C#N)=N\OCC. The van der Waals surface area contributed by atoms with Crippen molar-refractivity contribution in [1.29, 1.82) is 5.26 Å². The molecule has 3 heteroatoms. The lowest BCUT2D eigenvalue weighted by molar-refractivity contribution is 0.158. The van der Waals surface area contributed by atoms with E-state index in [0.717, 1.165) is 6.42 Å². The predicted molar refractivity (Wildman–Crippen MR) is 39.6 cm³/mol. The van der Waals surface area contributed by atoms with Crippen LogP contribution in [0.2, 0.25) is 0 Å². The van der Waals surface area contributed by atoms with Crippen LogP contribution in [0.15, 0.2) is 5.16 Å². The minimum atomic E-state index is 0.476. The first-order valence-electron chi connectivity index (χ1n) is 3.44. The molecule has 0 aliphatic rings. The molecule has 0 radical (unpaired) electrons. The maximum Gasteiger partial charge on any atom is 0.156 e. The second-order valence-electron chi connectivity index (χ2n) is 1.82. The summed E-state index contributed by atoms with van der Waals surface area (Å²) in [6, 6.07) is 1.96. The van der Waals surface area contributed by atoms with E-state index in [2.05, 4.69) is 5.16 Å². The zero-order valence-corrected chi connectivity index (χ0v) is 6.42. The molecule has 0 bridgehead atoms. The lowest BCUT2D eigenvalue weighted by Gasteiger charge is -1.93. The highest BCUT2D eigenvalue weighted by molar-refractivity contribution is 5.97. The topological polar surface area (TPSA) is 45.4 Å². The van der Waals surface area contributed by atoms with Crippen molar-refractivity contribution in [2.24, 2.45) is 5.16 Å². The maximum atomic E-state index is 8.42. The molecule has 56 valence electrons. The molecule has 10 heavy (non-hydrogen) atoms. The second kappa shape index (κ2) is 6.09. The van der Waals surface area contributed by atoms with Crippen LogP contribution in [0.5, 0.6) is 0 Å². The van der Waals surface area contributed by atoms with Gasteiger partial charge in [-0.15, -0.1) is 0 Å². The molecule has 0 amide bonds. The van der Waals surface area contributed by atoms with Gasteiger partial charge in [-0.2, -0.15) is 5.26 Å². The zero-order valence-electron chi connectivity index (χ0n) is 6.42. The molecular formula is C7H12N2O. The molecule has 0 aliphatic heterocycles. The van der Waals surface area contributed by atoms with E-state index in [-0.39, 0.29) is 0 Å². The van der Waals surface area contributed by atoms with Crippen molar-refractivity contribution in [2.75, 3.05) is 6.61 Å². The average molecular weight is 140 g/mol. The highest BCUT2D eigenvalue weighted by Crippen LogP contribution is 1.91. The summed E-state index contributed by atoms with van der Waals surface area (Å²) in [5, 5.41) is 12.0. The van der Waals surface area contributed by atoms with Gasteiger partial charge in [0.25, 0.3) is 0 Å². The van der Waals surface area contributed by atoms with Gasteiger partial charge in [0.15, 0.2) is 5.71 Å². The van der Waals surface area contributed by atoms with Crippen molar-refractivity contribution in [3.05, 3.63) is 0 Å². The van der Waals surface area contributed by atoms with Gasteiger partial charge < -0.3 is 4.84 Å². The van der Waals surface area contributed by atoms with Crippen LogP contribution in [0.3, 0.4) is 0 Å². The molecule has 0 rings (SSSR count). The van der Waals surface area contributed by atoms with Gasteiger partial charge in [-0.05, 0) is 13.3 Å². The molecule has 0 aliphatic carbocycles. The lowest BCUT2D eigenvalue weighted by Crippen LogP contribution is -1.94. The third-order valence-corrected chi connectivity index (χ3v) is 0.920. The van der Waals surface area contributed by atoms with E-state index in [4.69, 9.17) is 10.1 Å². The quantitative estimate of drug-likeness (QED) is 0.440. The molecule has 0 saturated heterocycles. The van der Waals surface area contributed by atoms with Crippen LogP contribution in [-0.4, -0.2) is 12.3 Å². The van der Waals surface area contributed by atoms with Gasteiger partial charge in [0, 0.05) is 6.42 Å². The van der Waals surface area contributed by atoms with E-state index in [1.165, 1.54) is 0 Å². The molecule has 0 aromatic rings. The van der Waals surface area contributed by atoms with Crippen LogP contribution in [0.4, 0.5) is 0 Å². The van der Waals surface area contributed by atoms with E-state index >= 15 is 0 Å². The van der Waals surface area contributed by atoms with E-state index in [1.54, 1.807) is 0 Å². The first-order valence-corrected chi connectivity index (χ1v) is 3.44. The van der Waals surface area contributed by atoms with Gasteiger partial charge in [0.2, 0.25) is 0 Å². The third-order valence-electron chi connectivity index (χ3n) is 0.920. The number of nitrogens with zero attached hydrogens (tertiary/aromatic N) is 2. The van der Waals surface area contributed by atoms with Crippen LogP contribution in [0, 0.1) is 11.3 Å². The standard InChI is InChI=1S/C7H12N2O/c1-3-5-7(6-8)9-10-4-2/h3-5H2,1-2H3/b9-7+. The maximum absolute atomic E-state index is 8.42. The molecule has 3 nitrogen and oxygen atoms in total. The fourth-order valence-corrected chi connectivity index (χ4v) is 0.501. The fourth-order valence-electron chi connectivity index (χ4n) is 0.501. The number of hydrogen-bond acceptors (Lipinski definition) is 3. The van der Waals surface area contributed by atoms with Crippen molar-refractivity contribution in [2.45, 2.75) is 26.7 Å². The third kappa shape index (κ3) is 3.90. The van der Waals surface area contributed by atoms with E-state index < -0.39 is 0 Å². The van der Waals surface area contributed by atoms with Crippen LogP contribution in [-0.2, 0) is 4.84 Å². The number of hydrogen-bond donors (Lipinski definition) is 0. The summed E-state index contributed by atoms with van der Waals surface area (Å²) in [4.78, 5) is 4.70. The van der Waals surface area contributed by atoms with E-state index in [1.807, 2.05) is 19.9 Å². The molecular weight excluding hydrogens is 128 g/mol. The smallest absolute Gasteiger partial charge is 0.156 e. The monoisotopic (exact) mass is 140 g/mol. The van der Waals surface area contributed by atoms with E-state index in [9.17, 15) is 0 Å². The van der Waals surface area contributed by atoms with Crippen LogP contribution >= 0.6 is 0 Å². The molecule has 0 unspecified atom stereocenters. The van der Waals surface area contributed by atoms with Crippen LogP contribution in [0.25, 0.3) is 0 Å². The highest BCUT2D eigenvalue weighted by Gasteiger charge is 1.93. The number of nitriles is 1. The van der Waals surface area contributed by atoms with Crippen molar-refractivity contribution in [1.82, 2.24) is 0 Å². The summed E-state index contributed by atoms with van der Waals surface area (Å²) in [7, 11) is 0. The Hall–Kier alpha value is -1.04. The van der Waals surface area contributed by atoms with Gasteiger partial charge in [-0.25, -0.2) is 0 Å². The summed E-state index contributed by atoms with van der Waals surface area (Å²) < 4.78 is 0. The Labute approximate surface area is 61.3 Å². The average Bonchev–Trinajstić information content (AvgIpc) is 1.98. The van der Waals surface area contributed by atoms with Gasteiger partial charge in [0.1, 0.15) is 12.7 Å². The minimum absolute atomic E-state index is 0.476. The molecule has 0 aromatic heterocycles. The van der Waals surface area contributed by atoms with Gasteiger partial charge in [0.05, 0.1) is 0 Å². The Kier molecular flexibility index (Phi) is 5.45. The Morgan fingerprint density at radius 1 is 1.60 bits per heavy atom. The molecule has 0 aromatic carbocycles. The van der Waals surface area contributed by atoms with E-state index in [0.29, 0.717) is 18.7 Å². The fraction of sp³-hybridized carbons (Fsp3) is 0.714. The lowest BCUT2D eigenvalue weighted by atomic mass is 10.2. The van der Waals surface area contributed by atoms with Crippen LogP contribution < -0.4 is 0 Å². The number of oxime groups is 1. The first kappa shape index (κ1) is 8.96. The zero-order chi connectivity index (χ0) is 7.82. The van der Waals surface area contributed by atoms with Crippen molar-refractivity contribution < 1.29 is 4.84 Å². The Bertz CT molecular complexity index is 146. The molecule has 0 heterocycles. The summed E-state index contributed by atoms with van der Waals surface area (Å²) in [5.41, 5.74) is 0.476. The minimum Gasteiger partial charge on any atom is -0.395 e. The van der Waals surface area contributed by atoms with Gasteiger partial charge >= 0.3 is 0 Å². The first-order chi connectivity index (χ1) is 4.85. The highest BCUT2D eigenvalue weighted by atomic mass is 16.6. The normalized spacial score (nSPS) is 10.7. The summed E-state index contributed by atoms with van der Waals surface area (Å²) in [6.45, 7) is 4.36. The van der Waals surface area contributed by atoms with Gasteiger partial charge in [-0.1, -0.05) is 12.1 Å². The largest absolute Gasteiger partial charge is 0.395 e. The Morgan fingerprint density at radius 3 is 2.70 bits per heavy atom. The molecule has 0 atom stereocenters. The Balaban J connectivity index is 3.70. The van der Waals surface area contributed by atoms with Gasteiger partial charge in [-0.3, -0.25) is 0 Å². The summed E-state index contributed by atoms with van der Waals surface area (Å²) in [6.07, 6.45) is 1.63. The number of rotatable bonds is 4. The molecule has 0 fully saturated rings. The van der Waals surface area contributed by atoms with Crippen molar-refractivity contribution in [3.8, 4) is 6.07 Å². The van der Waals surface area contributed by atoms with Crippen molar-refractivity contribution in [3.63, 3.8) is 0 Å². The van der Waals surface area contributed by atoms with Crippen molar-refractivity contribution >= 4 is 5.71 Å². The Morgan fingerprint density at radius 2 is 2.30 bits per heavy atom.